The molecule has 0 spiro atoms. The van der Waals surface area contributed by atoms with Gasteiger partial charge < -0.3 is 9.84 Å². The Hall–Kier alpha value is -1.35. The summed E-state index contributed by atoms with van der Waals surface area (Å²) in [5, 5.41) is 9.42. The summed E-state index contributed by atoms with van der Waals surface area (Å²) in [6, 6.07) is 8.48. The molecular weight excluding hydrogens is 156 g/mol. The van der Waals surface area contributed by atoms with E-state index in [0.29, 0.717) is 5.56 Å². The third kappa shape index (κ3) is 1.83. The lowest BCUT2D eigenvalue weighted by Gasteiger charge is -2.20. The lowest BCUT2D eigenvalue weighted by atomic mass is 10.1. The molecule has 0 heterocycles. The molecule has 3 heteroatoms. The molecule has 1 radical (unpaired) electrons. The van der Waals surface area contributed by atoms with Crippen LogP contribution < -0.4 is 0 Å². The van der Waals surface area contributed by atoms with Crippen LogP contribution in [-0.2, 0) is 15.3 Å². The molecule has 3 nitrogen and oxygen atoms in total. The molecule has 12 heavy (non-hydrogen) atoms. The van der Waals surface area contributed by atoms with E-state index in [1.54, 1.807) is 30.3 Å². The van der Waals surface area contributed by atoms with E-state index in [9.17, 15) is 9.90 Å². The molecule has 0 saturated heterocycles. The Morgan fingerprint density at radius 3 is 2.50 bits per heavy atom. The second kappa shape index (κ2) is 3.36. The van der Waals surface area contributed by atoms with E-state index in [4.69, 9.17) is 0 Å². The SMILES string of the molecule is [CH2]C(O)(OC=O)c1ccccc1. The smallest absolute Gasteiger partial charge is 0.295 e. The van der Waals surface area contributed by atoms with Crippen LogP contribution in [0.4, 0.5) is 0 Å². The molecule has 0 bridgehead atoms. The molecule has 1 unspecified atom stereocenters. The lowest BCUT2D eigenvalue weighted by Crippen LogP contribution is -2.24. The van der Waals surface area contributed by atoms with Gasteiger partial charge in [0.1, 0.15) is 0 Å². The molecule has 0 fully saturated rings. The normalized spacial score (nSPS) is 14.8. The van der Waals surface area contributed by atoms with Crippen LogP contribution in [0.25, 0.3) is 0 Å². The first-order valence-electron chi connectivity index (χ1n) is 3.41. The summed E-state index contributed by atoms with van der Waals surface area (Å²) < 4.78 is 4.38. The fourth-order valence-electron chi connectivity index (χ4n) is 0.846. The van der Waals surface area contributed by atoms with Crippen molar-refractivity contribution in [3.8, 4) is 0 Å². The number of carbonyl (C=O) groups excluding carboxylic acids is 1. The predicted molar refractivity (Wildman–Crippen MR) is 42.8 cm³/mol. The molecule has 1 atom stereocenters. The number of hydrogen-bond donors (Lipinski definition) is 1. The van der Waals surface area contributed by atoms with Crippen molar-refractivity contribution in [3.63, 3.8) is 0 Å². The highest BCUT2D eigenvalue weighted by atomic mass is 16.6. The summed E-state index contributed by atoms with van der Waals surface area (Å²) in [7, 11) is 0. The van der Waals surface area contributed by atoms with Crippen LogP contribution in [0.1, 0.15) is 5.56 Å². The van der Waals surface area contributed by atoms with Gasteiger partial charge in [-0.15, -0.1) is 0 Å². The van der Waals surface area contributed by atoms with Crippen LogP contribution in [0.15, 0.2) is 30.3 Å². The predicted octanol–water partition coefficient (Wildman–Crippen LogP) is 0.839. The van der Waals surface area contributed by atoms with E-state index in [1.165, 1.54) is 0 Å². The molecule has 0 aromatic heterocycles. The number of hydrogen-bond acceptors (Lipinski definition) is 3. The highest BCUT2D eigenvalue weighted by molar-refractivity contribution is 5.39. The number of rotatable bonds is 3. The average molecular weight is 165 g/mol. The second-order valence-electron chi connectivity index (χ2n) is 2.36. The molecule has 0 amide bonds. The monoisotopic (exact) mass is 165 g/mol. The van der Waals surface area contributed by atoms with Crippen LogP contribution >= 0.6 is 0 Å². The quantitative estimate of drug-likeness (QED) is 0.533. The summed E-state index contributed by atoms with van der Waals surface area (Å²) >= 11 is 0. The van der Waals surface area contributed by atoms with Gasteiger partial charge in [-0.05, 0) is 0 Å². The number of benzene rings is 1. The zero-order valence-electron chi connectivity index (χ0n) is 6.43. The third-order valence-electron chi connectivity index (χ3n) is 1.47. The molecule has 0 aliphatic heterocycles. The van der Waals surface area contributed by atoms with E-state index in [1.807, 2.05) is 0 Å². The summed E-state index contributed by atoms with van der Waals surface area (Å²) in [5.41, 5.74) is 0.442. The molecule has 63 valence electrons. The average Bonchev–Trinajstić information content (AvgIpc) is 2.06. The first-order chi connectivity index (χ1) is 5.67. The Bertz CT molecular complexity index is 254. The van der Waals surface area contributed by atoms with Gasteiger partial charge in [0.2, 0.25) is 5.79 Å². The van der Waals surface area contributed by atoms with E-state index in [0.717, 1.165) is 0 Å². The van der Waals surface area contributed by atoms with Crippen LogP contribution in [0.3, 0.4) is 0 Å². The van der Waals surface area contributed by atoms with Crippen LogP contribution in [0, 0.1) is 6.92 Å². The van der Waals surface area contributed by atoms with Gasteiger partial charge in [-0.3, -0.25) is 4.79 Å². The van der Waals surface area contributed by atoms with Gasteiger partial charge in [-0.1, -0.05) is 30.3 Å². The minimum atomic E-state index is -1.77. The summed E-state index contributed by atoms with van der Waals surface area (Å²) in [6.07, 6.45) is 0. The Balaban J connectivity index is 2.89. The van der Waals surface area contributed by atoms with Crippen molar-refractivity contribution in [2.45, 2.75) is 5.79 Å². The molecule has 0 saturated carbocycles. The molecule has 1 aromatic rings. The largest absolute Gasteiger partial charge is 0.431 e. The van der Waals surface area contributed by atoms with Gasteiger partial charge in [-0.2, -0.15) is 0 Å². The van der Waals surface area contributed by atoms with Crippen LogP contribution in [0.2, 0.25) is 0 Å². The lowest BCUT2D eigenvalue weighted by molar-refractivity contribution is -0.180. The van der Waals surface area contributed by atoms with Crippen molar-refractivity contribution in [2.24, 2.45) is 0 Å². The van der Waals surface area contributed by atoms with E-state index >= 15 is 0 Å². The van der Waals surface area contributed by atoms with Gasteiger partial charge in [-0.25, -0.2) is 0 Å². The first-order valence-corrected chi connectivity index (χ1v) is 3.41. The minimum Gasteiger partial charge on any atom is -0.431 e. The van der Waals surface area contributed by atoms with Crippen molar-refractivity contribution in [1.82, 2.24) is 0 Å². The number of aliphatic hydroxyl groups is 1. The molecular formula is C9H9O3. The number of carbonyl (C=O) groups is 1. The summed E-state index contributed by atoms with van der Waals surface area (Å²) in [6.45, 7) is 3.50. The Labute approximate surface area is 70.6 Å². The van der Waals surface area contributed by atoms with E-state index in [-0.39, 0.29) is 6.47 Å². The van der Waals surface area contributed by atoms with Crippen molar-refractivity contribution in [2.75, 3.05) is 0 Å². The van der Waals surface area contributed by atoms with Gasteiger partial charge in [0.05, 0.1) is 0 Å². The molecule has 0 aliphatic carbocycles. The van der Waals surface area contributed by atoms with Gasteiger partial charge in [0, 0.05) is 12.5 Å². The fraction of sp³-hybridized carbons (Fsp3) is 0.111. The topological polar surface area (TPSA) is 46.5 Å². The first kappa shape index (κ1) is 8.74. The van der Waals surface area contributed by atoms with Gasteiger partial charge in [0.25, 0.3) is 6.47 Å². The Kier molecular flexibility index (Phi) is 2.45. The van der Waals surface area contributed by atoms with Crippen LogP contribution in [-0.4, -0.2) is 11.6 Å². The third-order valence-corrected chi connectivity index (χ3v) is 1.47. The molecule has 1 N–H and O–H groups in total. The van der Waals surface area contributed by atoms with E-state index in [2.05, 4.69) is 11.7 Å². The highest BCUT2D eigenvalue weighted by Crippen LogP contribution is 2.19. The van der Waals surface area contributed by atoms with Crippen molar-refractivity contribution in [3.05, 3.63) is 42.8 Å². The molecule has 0 aliphatic rings. The maximum Gasteiger partial charge on any atom is 0.295 e. The maximum atomic E-state index is 9.97. The Morgan fingerprint density at radius 1 is 1.42 bits per heavy atom. The van der Waals surface area contributed by atoms with Crippen molar-refractivity contribution in [1.29, 1.82) is 0 Å². The highest BCUT2D eigenvalue weighted by Gasteiger charge is 2.23. The van der Waals surface area contributed by atoms with Gasteiger partial charge in [0.15, 0.2) is 0 Å². The van der Waals surface area contributed by atoms with Crippen molar-refractivity contribution < 1.29 is 14.6 Å². The second-order valence-corrected chi connectivity index (χ2v) is 2.36. The molecule has 1 aromatic carbocycles. The van der Waals surface area contributed by atoms with Gasteiger partial charge >= 0.3 is 0 Å². The van der Waals surface area contributed by atoms with Crippen molar-refractivity contribution >= 4 is 6.47 Å². The zero-order valence-corrected chi connectivity index (χ0v) is 6.43. The summed E-state index contributed by atoms with van der Waals surface area (Å²) in [5.74, 6) is -1.77. The Morgan fingerprint density at radius 2 is 2.00 bits per heavy atom. The van der Waals surface area contributed by atoms with Crippen LogP contribution in [0.5, 0.6) is 0 Å². The minimum absolute atomic E-state index is 0.167. The number of ether oxygens (including phenoxy) is 1. The fourth-order valence-corrected chi connectivity index (χ4v) is 0.846. The maximum absolute atomic E-state index is 9.97. The zero-order chi connectivity index (χ0) is 9.03. The molecule has 1 rings (SSSR count). The van der Waals surface area contributed by atoms with E-state index < -0.39 is 5.79 Å². The summed E-state index contributed by atoms with van der Waals surface area (Å²) in [4.78, 5) is 9.97. The standard InChI is InChI=1S/C9H9O3/c1-9(11,12-7-10)8-5-3-2-4-6-8/h2-7,11H,1H2.